The lowest BCUT2D eigenvalue weighted by Gasteiger charge is -2.10. The van der Waals surface area contributed by atoms with E-state index in [9.17, 15) is 0 Å². The first-order chi connectivity index (χ1) is 8.06. The van der Waals surface area contributed by atoms with Crippen molar-refractivity contribution in [1.29, 1.82) is 0 Å². The van der Waals surface area contributed by atoms with Crippen LogP contribution in [0, 0.1) is 6.92 Å². The van der Waals surface area contributed by atoms with E-state index in [0.29, 0.717) is 5.02 Å². The Morgan fingerprint density at radius 2 is 1.94 bits per heavy atom. The van der Waals surface area contributed by atoms with Crippen molar-refractivity contribution in [2.45, 2.75) is 6.92 Å². The predicted octanol–water partition coefficient (Wildman–Crippen LogP) is 4.74. The molecule has 0 heterocycles. The molecule has 0 aliphatic heterocycles. The third kappa shape index (κ3) is 2.93. The topological polar surface area (TPSA) is 38.0 Å². The number of benzene rings is 2. The highest BCUT2D eigenvalue weighted by Gasteiger charge is 2.02. The molecule has 3 N–H and O–H groups in total. The summed E-state index contributed by atoms with van der Waals surface area (Å²) >= 11 is 9.34. The Hall–Kier alpha value is -1.19. The summed E-state index contributed by atoms with van der Waals surface area (Å²) in [7, 11) is 0. The zero-order valence-electron chi connectivity index (χ0n) is 9.30. The van der Waals surface area contributed by atoms with Crippen LogP contribution in [0.1, 0.15) is 5.56 Å². The number of anilines is 3. The van der Waals surface area contributed by atoms with Gasteiger partial charge in [0.1, 0.15) is 0 Å². The van der Waals surface area contributed by atoms with Gasteiger partial charge in [-0.15, -0.1) is 0 Å². The van der Waals surface area contributed by atoms with E-state index in [-0.39, 0.29) is 0 Å². The lowest BCUT2D eigenvalue weighted by Crippen LogP contribution is -1.94. The van der Waals surface area contributed by atoms with Gasteiger partial charge in [-0.2, -0.15) is 0 Å². The van der Waals surface area contributed by atoms with Crippen molar-refractivity contribution < 1.29 is 0 Å². The van der Waals surface area contributed by atoms with Crippen LogP contribution in [0.25, 0.3) is 0 Å². The van der Waals surface area contributed by atoms with E-state index in [1.807, 2.05) is 43.3 Å². The number of halogens is 2. The summed E-state index contributed by atoms with van der Waals surface area (Å²) in [5, 5.41) is 4.02. The van der Waals surface area contributed by atoms with Crippen LogP contribution in [0.3, 0.4) is 0 Å². The van der Waals surface area contributed by atoms with E-state index < -0.39 is 0 Å². The lowest BCUT2D eigenvalue weighted by atomic mass is 10.1. The summed E-state index contributed by atoms with van der Waals surface area (Å²) in [4.78, 5) is 0. The summed E-state index contributed by atoms with van der Waals surface area (Å²) in [6.45, 7) is 2.02. The van der Waals surface area contributed by atoms with Gasteiger partial charge in [0.15, 0.2) is 0 Å². The SMILES string of the molecule is Cc1cc(N)ccc1Nc1ccc(Cl)c(Br)c1. The Morgan fingerprint density at radius 3 is 2.59 bits per heavy atom. The van der Waals surface area contributed by atoms with E-state index in [1.54, 1.807) is 0 Å². The minimum absolute atomic E-state index is 0.699. The second kappa shape index (κ2) is 4.98. The number of aryl methyl sites for hydroxylation is 1. The molecular weight excluding hydrogens is 300 g/mol. The van der Waals surface area contributed by atoms with Gasteiger partial charge in [-0.05, 0) is 64.8 Å². The molecule has 0 amide bonds. The molecule has 0 fully saturated rings. The smallest absolute Gasteiger partial charge is 0.0549 e. The normalized spacial score (nSPS) is 10.3. The van der Waals surface area contributed by atoms with E-state index in [1.165, 1.54) is 0 Å². The van der Waals surface area contributed by atoms with Crippen LogP contribution in [-0.4, -0.2) is 0 Å². The number of rotatable bonds is 2. The first-order valence-electron chi connectivity index (χ1n) is 5.14. The number of nitrogen functional groups attached to an aromatic ring is 1. The quantitative estimate of drug-likeness (QED) is 0.786. The second-order valence-electron chi connectivity index (χ2n) is 3.83. The van der Waals surface area contributed by atoms with Gasteiger partial charge < -0.3 is 11.1 Å². The maximum atomic E-state index is 5.94. The highest BCUT2D eigenvalue weighted by Crippen LogP contribution is 2.28. The molecule has 0 aliphatic rings. The van der Waals surface area contributed by atoms with Crippen LogP contribution in [0.2, 0.25) is 5.02 Å². The fourth-order valence-electron chi connectivity index (χ4n) is 1.56. The van der Waals surface area contributed by atoms with Gasteiger partial charge in [0, 0.05) is 21.5 Å². The molecule has 0 spiro atoms. The molecule has 0 radical (unpaired) electrons. The van der Waals surface area contributed by atoms with E-state index >= 15 is 0 Å². The maximum Gasteiger partial charge on any atom is 0.0549 e. The van der Waals surface area contributed by atoms with E-state index in [4.69, 9.17) is 17.3 Å². The Balaban J connectivity index is 2.28. The van der Waals surface area contributed by atoms with Gasteiger partial charge in [-0.3, -0.25) is 0 Å². The van der Waals surface area contributed by atoms with Gasteiger partial charge >= 0.3 is 0 Å². The molecule has 0 saturated carbocycles. The van der Waals surface area contributed by atoms with Crippen LogP contribution in [0.15, 0.2) is 40.9 Å². The predicted molar refractivity (Wildman–Crippen MR) is 78.0 cm³/mol. The molecule has 2 aromatic carbocycles. The monoisotopic (exact) mass is 310 g/mol. The molecular formula is C13H12BrClN2. The van der Waals surface area contributed by atoms with Gasteiger partial charge in [-0.25, -0.2) is 0 Å². The van der Waals surface area contributed by atoms with Crippen LogP contribution in [0.4, 0.5) is 17.1 Å². The average molecular weight is 312 g/mol. The van der Waals surface area contributed by atoms with Crippen molar-refractivity contribution in [1.82, 2.24) is 0 Å². The molecule has 2 nitrogen and oxygen atoms in total. The number of nitrogens with two attached hydrogens (primary N) is 1. The molecule has 88 valence electrons. The summed E-state index contributed by atoms with van der Waals surface area (Å²) in [5.41, 5.74) is 9.60. The molecule has 0 bridgehead atoms. The average Bonchev–Trinajstić information content (AvgIpc) is 2.27. The van der Waals surface area contributed by atoms with Crippen molar-refractivity contribution >= 4 is 44.6 Å². The number of hydrogen-bond acceptors (Lipinski definition) is 2. The van der Waals surface area contributed by atoms with Gasteiger partial charge in [0.05, 0.1) is 5.02 Å². The van der Waals surface area contributed by atoms with Gasteiger partial charge in [0.25, 0.3) is 0 Å². The second-order valence-corrected chi connectivity index (χ2v) is 5.09. The molecule has 2 rings (SSSR count). The summed E-state index contributed by atoms with van der Waals surface area (Å²) in [6, 6.07) is 11.5. The van der Waals surface area contributed by atoms with Crippen LogP contribution >= 0.6 is 27.5 Å². The lowest BCUT2D eigenvalue weighted by molar-refractivity contribution is 1.43. The third-order valence-corrected chi connectivity index (χ3v) is 3.66. The molecule has 0 atom stereocenters. The largest absolute Gasteiger partial charge is 0.399 e. The zero-order chi connectivity index (χ0) is 12.4. The molecule has 0 saturated heterocycles. The Kier molecular flexibility index (Phi) is 3.60. The van der Waals surface area contributed by atoms with Crippen molar-refractivity contribution in [3.8, 4) is 0 Å². The number of hydrogen-bond donors (Lipinski definition) is 2. The van der Waals surface area contributed by atoms with Crippen molar-refractivity contribution in [3.05, 3.63) is 51.5 Å². The molecule has 2 aromatic rings. The molecule has 17 heavy (non-hydrogen) atoms. The van der Waals surface area contributed by atoms with Gasteiger partial charge in [0.2, 0.25) is 0 Å². The first kappa shape index (κ1) is 12.3. The first-order valence-corrected chi connectivity index (χ1v) is 6.31. The van der Waals surface area contributed by atoms with Crippen molar-refractivity contribution in [2.75, 3.05) is 11.1 Å². The van der Waals surface area contributed by atoms with Crippen LogP contribution in [-0.2, 0) is 0 Å². The highest BCUT2D eigenvalue weighted by molar-refractivity contribution is 9.10. The van der Waals surface area contributed by atoms with Crippen molar-refractivity contribution in [2.24, 2.45) is 0 Å². The molecule has 0 aliphatic carbocycles. The van der Waals surface area contributed by atoms with E-state index in [0.717, 1.165) is 27.1 Å². The van der Waals surface area contributed by atoms with Crippen LogP contribution in [0.5, 0.6) is 0 Å². The fraction of sp³-hybridized carbons (Fsp3) is 0.0769. The standard InChI is InChI=1S/C13H12BrClN2/c1-8-6-9(16)2-5-13(8)17-10-3-4-12(15)11(14)7-10/h2-7,17H,16H2,1H3. The minimum Gasteiger partial charge on any atom is -0.399 e. The van der Waals surface area contributed by atoms with E-state index in [2.05, 4.69) is 21.2 Å². The fourth-order valence-corrected chi connectivity index (χ4v) is 2.05. The minimum atomic E-state index is 0.699. The van der Waals surface area contributed by atoms with Crippen LogP contribution < -0.4 is 11.1 Å². The number of nitrogens with one attached hydrogen (secondary N) is 1. The summed E-state index contributed by atoms with van der Waals surface area (Å²) in [5.74, 6) is 0. The Labute approximate surface area is 114 Å². The summed E-state index contributed by atoms with van der Waals surface area (Å²) < 4.78 is 0.872. The molecule has 0 unspecified atom stereocenters. The highest BCUT2D eigenvalue weighted by atomic mass is 79.9. The zero-order valence-corrected chi connectivity index (χ0v) is 11.6. The van der Waals surface area contributed by atoms with Crippen molar-refractivity contribution in [3.63, 3.8) is 0 Å². The molecule has 4 heteroatoms. The summed E-state index contributed by atoms with van der Waals surface area (Å²) in [6.07, 6.45) is 0. The van der Waals surface area contributed by atoms with Gasteiger partial charge in [-0.1, -0.05) is 11.6 Å². The third-order valence-electron chi connectivity index (χ3n) is 2.45. The maximum absolute atomic E-state index is 5.94. The Morgan fingerprint density at radius 1 is 1.18 bits per heavy atom. The molecule has 0 aromatic heterocycles. The Bertz CT molecular complexity index is 555.